The first-order chi connectivity index (χ1) is 10.6. The van der Waals surface area contributed by atoms with Gasteiger partial charge in [0.1, 0.15) is 4.21 Å². The maximum absolute atomic E-state index is 12.4. The van der Waals surface area contributed by atoms with Gasteiger partial charge in [-0.25, -0.2) is 8.42 Å². The van der Waals surface area contributed by atoms with Gasteiger partial charge in [0.2, 0.25) is 0 Å². The second-order valence-electron chi connectivity index (χ2n) is 5.06. The van der Waals surface area contributed by atoms with E-state index in [1.165, 1.54) is 21.9 Å². The van der Waals surface area contributed by atoms with Crippen molar-refractivity contribution in [1.82, 2.24) is 9.62 Å². The smallest absolute Gasteiger partial charge is 0.287 e. The van der Waals surface area contributed by atoms with Gasteiger partial charge in [0.25, 0.3) is 15.9 Å². The molecule has 8 heteroatoms. The van der Waals surface area contributed by atoms with Gasteiger partial charge in [-0.3, -0.25) is 4.79 Å². The molecule has 1 aliphatic rings. The number of hydrogen-bond donors (Lipinski definition) is 1. The zero-order valence-corrected chi connectivity index (χ0v) is 13.4. The average molecular weight is 340 g/mol. The van der Waals surface area contributed by atoms with E-state index >= 15 is 0 Å². The van der Waals surface area contributed by atoms with Crippen LogP contribution >= 0.6 is 11.3 Å². The minimum absolute atomic E-state index is 0.0348. The second-order valence-corrected chi connectivity index (χ2v) is 8.17. The minimum atomic E-state index is -3.39. The van der Waals surface area contributed by atoms with Crippen molar-refractivity contribution in [3.05, 3.63) is 41.7 Å². The highest BCUT2D eigenvalue weighted by Gasteiger charge is 2.30. The van der Waals surface area contributed by atoms with Crippen LogP contribution < -0.4 is 5.32 Å². The number of carbonyl (C=O) groups excluding carboxylic acids is 1. The van der Waals surface area contributed by atoms with Crippen molar-refractivity contribution in [3.63, 3.8) is 0 Å². The van der Waals surface area contributed by atoms with Crippen LogP contribution in [0.2, 0.25) is 0 Å². The zero-order chi connectivity index (χ0) is 15.6. The van der Waals surface area contributed by atoms with E-state index in [2.05, 4.69) is 5.32 Å². The first kappa shape index (κ1) is 15.3. The number of sulfonamides is 1. The summed E-state index contributed by atoms with van der Waals surface area (Å²) in [6, 6.07) is 6.57. The summed E-state index contributed by atoms with van der Waals surface area (Å²) in [6.07, 6.45) is 2.64. The first-order valence-electron chi connectivity index (χ1n) is 6.95. The van der Waals surface area contributed by atoms with E-state index in [1.54, 1.807) is 29.6 Å². The van der Waals surface area contributed by atoms with Crippen molar-refractivity contribution < 1.29 is 17.6 Å². The Morgan fingerprint density at radius 1 is 1.27 bits per heavy atom. The Morgan fingerprint density at radius 3 is 2.64 bits per heavy atom. The van der Waals surface area contributed by atoms with Crippen LogP contribution in [0.25, 0.3) is 0 Å². The van der Waals surface area contributed by atoms with Gasteiger partial charge in [-0.2, -0.15) is 4.31 Å². The maximum atomic E-state index is 12.4. The summed E-state index contributed by atoms with van der Waals surface area (Å²) in [5.74, 6) is 0.0122. The predicted octanol–water partition coefficient (Wildman–Crippen LogP) is 1.92. The topological polar surface area (TPSA) is 79.6 Å². The van der Waals surface area contributed by atoms with Crippen molar-refractivity contribution in [3.8, 4) is 0 Å². The molecule has 0 radical (unpaired) electrons. The normalized spacial score (nSPS) is 17.5. The van der Waals surface area contributed by atoms with Crippen LogP contribution in [-0.4, -0.2) is 37.8 Å². The lowest BCUT2D eigenvalue weighted by Gasteiger charge is -2.31. The Hall–Kier alpha value is -1.64. The van der Waals surface area contributed by atoms with Crippen molar-refractivity contribution in [1.29, 1.82) is 0 Å². The Labute approximate surface area is 132 Å². The SMILES string of the molecule is O=C(NC1CCN(S(=O)(=O)c2cccs2)CC1)c1ccco1. The van der Waals surface area contributed by atoms with Crippen molar-refractivity contribution >= 4 is 27.3 Å². The molecule has 1 saturated heterocycles. The molecule has 3 rings (SSSR count). The van der Waals surface area contributed by atoms with Crippen LogP contribution in [0.3, 0.4) is 0 Å². The molecule has 3 heterocycles. The fraction of sp³-hybridized carbons (Fsp3) is 0.357. The molecule has 0 aromatic carbocycles. The molecule has 0 aliphatic carbocycles. The molecular weight excluding hydrogens is 324 g/mol. The fourth-order valence-electron chi connectivity index (χ4n) is 2.44. The molecule has 0 bridgehead atoms. The summed E-state index contributed by atoms with van der Waals surface area (Å²) in [4.78, 5) is 11.9. The van der Waals surface area contributed by atoms with Crippen molar-refractivity contribution in [2.24, 2.45) is 0 Å². The number of nitrogens with one attached hydrogen (secondary N) is 1. The second kappa shape index (κ2) is 6.23. The van der Waals surface area contributed by atoms with E-state index in [9.17, 15) is 13.2 Å². The van der Waals surface area contributed by atoms with Crippen molar-refractivity contribution in [2.45, 2.75) is 23.1 Å². The summed E-state index contributed by atoms with van der Waals surface area (Å²) in [7, 11) is -3.39. The lowest BCUT2D eigenvalue weighted by Crippen LogP contribution is -2.46. The average Bonchev–Trinajstić information content (AvgIpc) is 3.21. The van der Waals surface area contributed by atoms with Gasteiger partial charge in [0, 0.05) is 19.1 Å². The molecule has 0 unspecified atom stereocenters. The number of thiophene rings is 1. The molecule has 118 valence electrons. The fourth-order valence-corrected chi connectivity index (χ4v) is 5.06. The number of furan rings is 1. The van der Waals surface area contributed by atoms with Gasteiger partial charge in [-0.15, -0.1) is 11.3 Å². The number of carbonyl (C=O) groups is 1. The molecule has 2 aromatic heterocycles. The van der Waals surface area contributed by atoms with Crippen LogP contribution in [0.1, 0.15) is 23.4 Å². The molecule has 6 nitrogen and oxygen atoms in total. The molecule has 1 N–H and O–H groups in total. The maximum Gasteiger partial charge on any atom is 0.287 e. The Kier molecular flexibility index (Phi) is 4.32. The third-order valence-electron chi connectivity index (χ3n) is 3.62. The summed E-state index contributed by atoms with van der Waals surface area (Å²) in [5.41, 5.74) is 0. The molecular formula is C14H16N2O4S2. The van der Waals surface area contributed by atoms with Gasteiger partial charge in [0.15, 0.2) is 5.76 Å². The standard InChI is InChI=1S/C14H16N2O4S2/c17-14(12-3-1-9-20-12)15-11-5-7-16(8-6-11)22(18,19)13-4-2-10-21-13/h1-4,9-11H,5-8H2,(H,15,17). The number of nitrogens with zero attached hydrogens (tertiary/aromatic N) is 1. The first-order valence-corrected chi connectivity index (χ1v) is 9.27. The molecule has 0 spiro atoms. The Balaban J connectivity index is 1.58. The molecule has 0 saturated carbocycles. The van der Waals surface area contributed by atoms with Crippen LogP contribution in [0.4, 0.5) is 0 Å². The monoisotopic (exact) mass is 340 g/mol. The third kappa shape index (κ3) is 3.08. The largest absolute Gasteiger partial charge is 0.459 e. The number of amides is 1. The summed E-state index contributed by atoms with van der Waals surface area (Å²) in [5, 5.41) is 4.63. The predicted molar refractivity (Wildman–Crippen MR) is 82.3 cm³/mol. The van der Waals surface area contributed by atoms with Gasteiger partial charge in [-0.1, -0.05) is 6.07 Å². The molecule has 1 amide bonds. The third-order valence-corrected chi connectivity index (χ3v) is 6.90. The lowest BCUT2D eigenvalue weighted by molar-refractivity contribution is 0.0895. The highest BCUT2D eigenvalue weighted by atomic mass is 32.2. The number of rotatable bonds is 4. The van der Waals surface area contributed by atoms with Gasteiger partial charge in [-0.05, 0) is 36.4 Å². The quantitative estimate of drug-likeness (QED) is 0.922. The summed E-state index contributed by atoms with van der Waals surface area (Å²) >= 11 is 1.22. The van der Waals surface area contributed by atoms with Crippen LogP contribution in [0.5, 0.6) is 0 Å². The summed E-state index contributed by atoms with van der Waals surface area (Å²) in [6.45, 7) is 0.812. The van der Waals surface area contributed by atoms with E-state index in [-0.39, 0.29) is 17.7 Å². The lowest BCUT2D eigenvalue weighted by atomic mass is 10.1. The number of piperidine rings is 1. The van der Waals surface area contributed by atoms with Gasteiger partial charge in [0.05, 0.1) is 6.26 Å². The highest BCUT2D eigenvalue weighted by molar-refractivity contribution is 7.91. The van der Waals surface area contributed by atoms with E-state index in [4.69, 9.17) is 4.42 Å². The van der Waals surface area contributed by atoms with Crippen molar-refractivity contribution in [2.75, 3.05) is 13.1 Å². The molecule has 0 atom stereocenters. The van der Waals surface area contributed by atoms with Gasteiger partial charge >= 0.3 is 0 Å². The van der Waals surface area contributed by atoms with E-state index in [0.29, 0.717) is 30.1 Å². The van der Waals surface area contributed by atoms with Crippen LogP contribution in [-0.2, 0) is 10.0 Å². The van der Waals surface area contributed by atoms with E-state index < -0.39 is 10.0 Å². The Bertz CT molecular complexity index is 715. The molecule has 22 heavy (non-hydrogen) atoms. The molecule has 1 fully saturated rings. The van der Waals surface area contributed by atoms with Gasteiger partial charge < -0.3 is 9.73 Å². The van der Waals surface area contributed by atoms with Crippen LogP contribution in [0, 0.1) is 0 Å². The highest BCUT2D eigenvalue weighted by Crippen LogP contribution is 2.24. The minimum Gasteiger partial charge on any atom is -0.459 e. The zero-order valence-electron chi connectivity index (χ0n) is 11.8. The van der Waals surface area contributed by atoms with E-state index in [0.717, 1.165) is 0 Å². The molecule has 2 aromatic rings. The van der Waals surface area contributed by atoms with E-state index in [1.807, 2.05) is 0 Å². The molecule has 1 aliphatic heterocycles. The Morgan fingerprint density at radius 2 is 2.05 bits per heavy atom. The number of hydrogen-bond acceptors (Lipinski definition) is 5. The summed E-state index contributed by atoms with van der Waals surface area (Å²) < 4.78 is 31.7. The van der Waals surface area contributed by atoms with Crippen LogP contribution in [0.15, 0.2) is 44.5 Å².